The van der Waals surface area contributed by atoms with Gasteiger partial charge in [-0.05, 0) is 43.7 Å². The largest absolute Gasteiger partial charge is 0.395 e. The first-order valence-corrected chi connectivity index (χ1v) is 8.32. The van der Waals surface area contributed by atoms with Crippen LogP contribution in [0.2, 0.25) is 0 Å². The monoisotopic (exact) mass is 306 g/mol. The maximum absolute atomic E-state index is 12.6. The van der Waals surface area contributed by atoms with Crippen LogP contribution in [0.4, 0.5) is 0 Å². The number of H-pyrrole nitrogens is 1. The number of aromatic nitrogens is 1. The van der Waals surface area contributed by atoms with Gasteiger partial charge in [-0.2, -0.15) is 0 Å². The summed E-state index contributed by atoms with van der Waals surface area (Å²) in [5, 5.41) is 9.17. The molecular formula is C17H26N2O3. The van der Waals surface area contributed by atoms with Crippen LogP contribution in [0.1, 0.15) is 60.6 Å². The van der Waals surface area contributed by atoms with Crippen LogP contribution in [0.5, 0.6) is 0 Å². The molecule has 0 aliphatic heterocycles. The van der Waals surface area contributed by atoms with Gasteiger partial charge in [-0.3, -0.25) is 9.59 Å². The zero-order valence-electron chi connectivity index (χ0n) is 13.4. The fourth-order valence-electron chi connectivity index (χ4n) is 2.99. The van der Waals surface area contributed by atoms with E-state index in [4.69, 9.17) is 0 Å². The minimum Gasteiger partial charge on any atom is -0.395 e. The number of rotatable bonds is 7. The lowest BCUT2D eigenvalue weighted by atomic mass is 9.95. The smallest absolute Gasteiger partial charge is 0.261 e. The first-order chi connectivity index (χ1) is 10.7. The molecule has 1 aromatic rings. The number of unbranched alkanes of at least 4 members (excludes halogenated alkanes) is 2. The number of aryl methyl sites for hydroxylation is 2. The molecule has 5 heteroatoms. The highest BCUT2D eigenvalue weighted by Gasteiger charge is 2.21. The molecule has 5 nitrogen and oxygen atoms in total. The van der Waals surface area contributed by atoms with Crippen molar-refractivity contribution >= 4 is 5.91 Å². The molecule has 2 N–H and O–H groups in total. The summed E-state index contributed by atoms with van der Waals surface area (Å²) in [6, 6.07) is 1.76. The van der Waals surface area contributed by atoms with Crippen LogP contribution in [-0.4, -0.2) is 40.6 Å². The second-order valence-electron chi connectivity index (χ2n) is 5.95. The number of aromatic amines is 1. The van der Waals surface area contributed by atoms with Crippen molar-refractivity contribution in [3.8, 4) is 0 Å². The topological polar surface area (TPSA) is 73.4 Å². The SMILES string of the molecule is CCCCCN(CCO)C(=O)c1cc2c([nH]c1=O)CCCC2. The maximum Gasteiger partial charge on any atom is 0.261 e. The number of hydrogen-bond donors (Lipinski definition) is 2. The summed E-state index contributed by atoms with van der Waals surface area (Å²) >= 11 is 0. The second kappa shape index (κ2) is 8.13. The van der Waals surface area contributed by atoms with Crippen molar-refractivity contribution < 1.29 is 9.90 Å². The fourth-order valence-corrected chi connectivity index (χ4v) is 2.99. The Morgan fingerprint density at radius 1 is 1.27 bits per heavy atom. The Hall–Kier alpha value is -1.62. The van der Waals surface area contributed by atoms with E-state index in [1.165, 1.54) is 0 Å². The molecule has 2 rings (SSSR count). The molecular weight excluding hydrogens is 280 g/mol. The number of aliphatic hydroxyl groups is 1. The minimum atomic E-state index is -0.302. The van der Waals surface area contributed by atoms with Gasteiger partial charge < -0.3 is 15.0 Å². The van der Waals surface area contributed by atoms with Gasteiger partial charge in [-0.15, -0.1) is 0 Å². The van der Waals surface area contributed by atoms with E-state index in [0.29, 0.717) is 6.54 Å². The van der Waals surface area contributed by atoms with Crippen molar-refractivity contribution in [1.82, 2.24) is 9.88 Å². The first-order valence-electron chi connectivity index (χ1n) is 8.32. The lowest BCUT2D eigenvalue weighted by molar-refractivity contribution is 0.0716. The quantitative estimate of drug-likeness (QED) is 0.755. The van der Waals surface area contributed by atoms with Gasteiger partial charge in [0.2, 0.25) is 0 Å². The van der Waals surface area contributed by atoms with Crippen molar-refractivity contribution in [2.45, 2.75) is 51.9 Å². The van der Waals surface area contributed by atoms with Crippen molar-refractivity contribution in [3.05, 3.63) is 33.2 Å². The van der Waals surface area contributed by atoms with E-state index in [2.05, 4.69) is 11.9 Å². The fraction of sp³-hybridized carbons (Fsp3) is 0.647. The molecule has 0 bridgehead atoms. The van der Waals surface area contributed by atoms with Crippen molar-refractivity contribution in [2.24, 2.45) is 0 Å². The van der Waals surface area contributed by atoms with E-state index in [-0.39, 0.29) is 30.2 Å². The van der Waals surface area contributed by atoms with E-state index in [0.717, 1.165) is 56.2 Å². The minimum absolute atomic E-state index is 0.0826. The van der Waals surface area contributed by atoms with E-state index in [9.17, 15) is 14.7 Å². The molecule has 0 fully saturated rings. The second-order valence-corrected chi connectivity index (χ2v) is 5.95. The predicted molar refractivity (Wildman–Crippen MR) is 86.2 cm³/mol. The Bertz CT molecular complexity index is 566. The van der Waals surface area contributed by atoms with Crippen molar-refractivity contribution in [2.75, 3.05) is 19.7 Å². The van der Waals surface area contributed by atoms with E-state index in [1.807, 2.05) is 0 Å². The van der Waals surface area contributed by atoms with Crippen LogP contribution in [-0.2, 0) is 12.8 Å². The van der Waals surface area contributed by atoms with Gasteiger partial charge in [0, 0.05) is 18.8 Å². The zero-order chi connectivity index (χ0) is 15.9. The van der Waals surface area contributed by atoms with Crippen LogP contribution >= 0.6 is 0 Å². The van der Waals surface area contributed by atoms with Gasteiger partial charge in [0.25, 0.3) is 11.5 Å². The Morgan fingerprint density at radius 3 is 2.77 bits per heavy atom. The molecule has 1 aliphatic carbocycles. The van der Waals surface area contributed by atoms with Gasteiger partial charge in [-0.1, -0.05) is 19.8 Å². The van der Waals surface area contributed by atoms with E-state index >= 15 is 0 Å². The molecule has 0 unspecified atom stereocenters. The molecule has 0 radical (unpaired) electrons. The van der Waals surface area contributed by atoms with Gasteiger partial charge in [0.15, 0.2) is 0 Å². The third-order valence-electron chi connectivity index (χ3n) is 4.26. The number of fused-ring (bicyclic) bond motifs is 1. The van der Waals surface area contributed by atoms with Gasteiger partial charge in [0.1, 0.15) is 5.56 Å². The molecule has 0 aromatic carbocycles. The van der Waals surface area contributed by atoms with Crippen LogP contribution in [0.15, 0.2) is 10.9 Å². The van der Waals surface area contributed by atoms with Crippen molar-refractivity contribution in [1.29, 1.82) is 0 Å². The molecule has 1 amide bonds. The Balaban J connectivity index is 2.20. The summed E-state index contributed by atoms with van der Waals surface area (Å²) in [6.45, 7) is 2.88. The van der Waals surface area contributed by atoms with Crippen LogP contribution < -0.4 is 5.56 Å². The highest BCUT2D eigenvalue weighted by atomic mass is 16.3. The first kappa shape index (κ1) is 16.7. The molecule has 0 spiro atoms. The predicted octanol–water partition coefficient (Wildman–Crippen LogP) is 1.88. The molecule has 122 valence electrons. The van der Waals surface area contributed by atoms with Gasteiger partial charge >= 0.3 is 0 Å². The van der Waals surface area contributed by atoms with Crippen LogP contribution in [0, 0.1) is 0 Å². The average Bonchev–Trinajstić information content (AvgIpc) is 2.53. The Kier molecular flexibility index (Phi) is 6.19. The summed E-state index contributed by atoms with van der Waals surface area (Å²) in [5.74, 6) is -0.264. The number of carbonyl (C=O) groups is 1. The number of amides is 1. The number of aliphatic hydroxyl groups excluding tert-OH is 1. The number of hydrogen-bond acceptors (Lipinski definition) is 3. The molecule has 0 saturated heterocycles. The summed E-state index contributed by atoms with van der Waals surface area (Å²) in [5.41, 5.74) is 1.98. The highest BCUT2D eigenvalue weighted by molar-refractivity contribution is 5.94. The number of pyridine rings is 1. The molecule has 0 atom stereocenters. The number of carbonyl (C=O) groups excluding carboxylic acids is 1. The highest BCUT2D eigenvalue weighted by Crippen LogP contribution is 2.19. The van der Waals surface area contributed by atoms with Crippen LogP contribution in [0.25, 0.3) is 0 Å². The molecule has 22 heavy (non-hydrogen) atoms. The summed E-state index contributed by atoms with van der Waals surface area (Å²) in [4.78, 5) is 29.3. The Morgan fingerprint density at radius 2 is 2.05 bits per heavy atom. The maximum atomic E-state index is 12.6. The Labute approximate surface area is 131 Å². The van der Waals surface area contributed by atoms with Gasteiger partial charge in [0.05, 0.1) is 6.61 Å². The average molecular weight is 306 g/mol. The lowest BCUT2D eigenvalue weighted by Crippen LogP contribution is -2.38. The van der Waals surface area contributed by atoms with Gasteiger partial charge in [-0.25, -0.2) is 0 Å². The lowest BCUT2D eigenvalue weighted by Gasteiger charge is -2.22. The summed E-state index contributed by atoms with van der Waals surface area (Å²) < 4.78 is 0. The van der Waals surface area contributed by atoms with E-state index in [1.54, 1.807) is 11.0 Å². The molecule has 0 saturated carbocycles. The molecule has 1 aliphatic rings. The number of nitrogens with one attached hydrogen (secondary N) is 1. The summed E-state index contributed by atoms with van der Waals surface area (Å²) in [6.07, 6.45) is 6.99. The standard InChI is InChI=1S/C17H26N2O3/c1-2-3-6-9-19(10-11-20)17(22)14-12-13-7-4-5-8-15(13)18-16(14)21/h12,20H,2-11H2,1H3,(H,18,21). The molecule has 1 heterocycles. The normalized spacial score (nSPS) is 13.7. The summed E-state index contributed by atoms with van der Waals surface area (Å²) in [7, 11) is 0. The molecule has 1 aromatic heterocycles. The van der Waals surface area contributed by atoms with Crippen LogP contribution in [0.3, 0.4) is 0 Å². The van der Waals surface area contributed by atoms with Crippen molar-refractivity contribution in [3.63, 3.8) is 0 Å². The van der Waals surface area contributed by atoms with E-state index < -0.39 is 0 Å². The zero-order valence-corrected chi connectivity index (χ0v) is 13.4. The third-order valence-corrected chi connectivity index (χ3v) is 4.26. The number of nitrogens with zero attached hydrogens (tertiary/aromatic N) is 1. The third kappa shape index (κ3) is 3.97.